The number of allylic oxidation sites excluding steroid dienone is 17. The summed E-state index contributed by atoms with van der Waals surface area (Å²) in [5.41, 5.74) is 0. The molecule has 0 heterocycles. The number of phosphoric acid groups is 1. The van der Waals surface area contributed by atoms with Crippen molar-refractivity contribution in [1.82, 2.24) is 5.32 Å². The lowest BCUT2D eigenvalue weighted by Crippen LogP contribution is -2.45. The lowest BCUT2D eigenvalue weighted by molar-refractivity contribution is -0.870. The van der Waals surface area contributed by atoms with E-state index in [0.29, 0.717) is 17.4 Å². The van der Waals surface area contributed by atoms with Crippen LogP contribution in [0.2, 0.25) is 0 Å². The first kappa shape index (κ1) is 70.2. The second-order valence-corrected chi connectivity index (χ2v) is 22.4. The monoisotopic (exact) mass is 1040 g/mol. The molecular weight excluding hydrogens is 924 g/mol. The highest BCUT2D eigenvalue weighted by Gasteiger charge is 2.23. The van der Waals surface area contributed by atoms with Gasteiger partial charge < -0.3 is 28.8 Å². The van der Waals surface area contributed by atoms with Crippen molar-refractivity contribution in [3.63, 3.8) is 0 Å². The van der Waals surface area contributed by atoms with Gasteiger partial charge in [-0.05, 0) is 89.9 Å². The van der Waals surface area contributed by atoms with Crippen LogP contribution in [0, 0.1) is 0 Å². The van der Waals surface area contributed by atoms with Crippen LogP contribution in [0.25, 0.3) is 0 Å². The third kappa shape index (κ3) is 56.7. The molecule has 0 aliphatic heterocycles. The van der Waals surface area contributed by atoms with Crippen LogP contribution < -0.4 is 10.2 Å². The molecule has 0 saturated heterocycles. The average Bonchev–Trinajstić information content (AvgIpc) is 3.35. The van der Waals surface area contributed by atoms with Crippen molar-refractivity contribution in [2.75, 3.05) is 40.9 Å². The van der Waals surface area contributed by atoms with Crippen LogP contribution in [0.15, 0.2) is 109 Å². The molecule has 0 aliphatic carbocycles. The number of nitrogens with one attached hydrogen (secondary N) is 1. The Morgan fingerprint density at radius 1 is 0.493 bits per heavy atom. The zero-order chi connectivity index (χ0) is 53.5. The first-order valence-corrected chi connectivity index (χ1v) is 31.2. The predicted octanol–water partition coefficient (Wildman–Crippen LogP) is 17.7. The third-order valence-electron chi connectivity index (χ3n) is 12.7. The molecule has 8 nitrogen and oxygen atoms in total. The maximum atomic E-state index is 12.9. The lowest BCUT2D eigenvalue weighted by Gasteiger charge is -2.29. The highest BCUT2D eigenvalue weighted by atomic mass is 31.2. The van der Waals surface area contributed by atoms with Crippen LogP contribution in [-0.4, -0.2) is 68.5 Å². The molecule has 420 valence electrons. The van der Waals surface area contributed by atoms with E-state index in [4.69, 9.17) is 9.05 Å². The number of hydrogen-bond acceptors (Lipinski definition) is 6. The number of aliphatic hydroxyl groups excluding tert-OH is 1. The standard InChI is InChI=1S/C64H113N2O6P/c1-6-8-10-12-14-16-18-19-20-21-22-23-24-25-26-27-28-29-30-31-32-33-34-35-36-37-38-39-40-41-42-43-44-45-46-47-48-50-52-54-56-58-64(68)65-62(61-72-73(69,70)71-60-59-66(3,4)5)63(67)57-55-53-51-49-17-15-13-11-9-7-2/h8,10,14,16-17,19-20,22-23,25-26,28-29,31-32,49,55,57,62-63,67H,6-7,9,11-13,15,18,21,24,27,30,33-48,50-54,56,58-61H2,1-5H3,(H-,65,68,69,70)/b10-8-,16-14-,20-19-,23-22-,26-25-,29-28-,32-31-,49-17+,57-55+. The normalized spacial score (nSPS) is 14.7. The van der Waals surface area contributed by atoms with Crippen LogP contribution in [0.1, 0.15) is 239 Å². The maximum absolute atomic E-state index is 12.9. The number of likely N-dealkylation sites (N-methyl/N-ethyl adjacent to an activating group) is 1. The van der Waals surface area contributed by atoms with Gasteiger partial charge in [0.05, 0.1) is 39.9 Å². The van der Waals surface area contributed by atoms with Gasteiger partial charge in [0.1, 0.15) is 13.2 Å². The average molecular weight is 1040 g/mol. The van der Waals surface area contributed by atoms with E-state index in [0.717, 1.165) is 83.5 Å². The number of unbranched alkanes of at least 4 members (excludes halogenated alkanes) is 24. The summed E-state index contributed by atoms with van der Waals surface area (Å²) in [5.74, 6) is -0.211. The summed E-state index contributed by atoms with van der Waals surface area (Å²) >= 11 is 0. The van der Waals surface area contributed by atoms with Crippen molar-refractivity contribution >= 4 is 13.7 Å². The van der Waals surface area contributed by atoms with E-state index in [1.54, 1.807) is 6.08 Å². The Bertz CT molecular complexity index is 1550. The number of carbonyl (C=O) groups is 1. The van der Waals surface area contributed by atoms with E-state index in [2.05, 4.69) is 116 Å². The van der Waals surface area contributed by atoms with Gasteiger partial charge in [0.15, 0.2) is 0 Å². The van der Waals surface area contributed by atoms with E-state index < -0.39 is 26.6 Å². The molecule has 3 unspecified atom stereocenters. The highest BCUT2D eigenvalue weighted by molar-refractivity contribution is 7.45. The first-order valence-electron chi connectivity index (χ1n) is 29.7. The lowest BCUT2D eigenvalue weighted by atomic mass is 10.0. The van der Waals surface area contributed by atoms with Crippen LogP contribution in [0.4, 0.5) is 0 Å². The van der Waals surface area contributed by atoms with Crippen molar-refractivity contribution in [2.24, 2.45) is 0 Å². The molecule has 0 aromatic carbocycles. The Labute approximate surface area is 451 Å². The number of amides is 1. The minimum Gasteiger partial charge on any atom is -0.756 e. The Balaban J connectivity index is 3.90. The Kier molecular flexibility index (Phi) is 51.9. The van der Waals surface area contributed by atoms with E-state index in [1.807, 2.05) is 27.2 Å². The molecule has 0 aromatic heterocycles. The predicted molar refractivity (Wildman–Crippen MR) is 316 cm³/mol. The molecular formula is C64H113N2O6P. The molecule has 0 aromatic rings. The van der Waals surface area contributed by atoms with Gasteiger partial charge >= 0.3 is 0 Å². The number of hydrogen-bond donors (Lipinski definition) is 2. The Hall–Kier alpha value is -2.84. The van der Waals surface area contributed by atoms with E-state index in [-0.39, 0.29) is 12.5 Å². The van der Waals surface area contributed by atoms with Crippen LogP contribution in [0.3, 0.4) is 0 Å². The van der Waals surface area contributed by atoms with Gasteiger partial charge in [-0.2, -0.15) is 0 Å². The fourth-order valence-electron chi connectivity index (χ4n) is 8.09. The van der Waals surface area contributed by atoms with Crippen LogP contribution in [0.5, 0.6) is 0 Å². The molecule has 0 aliphatic rings. The van der Waals surface area contributed by atoms with E-state index >= 15 is 0 Å². The maximum Gasteiger partial charge on any atom is 0.268 e. The van der Waals surface area contributed by atoms with Crippen molar-refractivity contribution < 1.29 is 32.9 Å². The Morgan fingerprint density at radius 2 is 0.849 bits per heavy atom. The quantitative estimate of drug-likeness (QED) is 0.0272. The molecule has 9 heteroatoms. The summed E-state index contributed by atoms with van der Waals surface area (Å²) < 4.78 is 23.2. The van der Waals surface area contributed by atoms with Gasteiger partial charge in [-0.1, -0.05) is 252 Å². The summed E-state index contributed by atoms with van der Waals surface area (Å²) in [6.07, 6.45) is 79.2. The number of phosphoric ester groups is 1. The molecule has 0 rings (SSSR count). The van der Waals surface area contributed by atoms with Crippen molar-refractivity contribution in [3.05, 3.63) is 109 Å². The fourth-order valence-corrected chi connectivity index (χ4v) is 8.81. The van der Waals surface area contributed by atoms with Gasteiger partial charge in [0.25, 0.3) is 7.82 Å². The highest BCUT2D eigenvalue weighted by Crippen LogP contribution is 2.38. The van der Waals surface area contributed by atoms with Gasteiger partial charge in [-0.25, -0.2) is 0 Å². The minimum atomic E-state index is -4.60. The van der Waals surface area contributed by atoms with Crippen molar-refractivity contribution in [3.8, 4) is 0 Å². The van der Waals surface area contributed by atoms with Gasteiger partial charge in [-0.15, -0.1) is 0 Å². The van der Waals surface area contributed by atoms with Crippen molar-refractivity contribution in [1.29, 1.82) is 0 Å². The number of quaternary nitrogens is 1. The molecule has 0 saturated carbocycles. The topological polar surface area (TPSA) is 108 Å². The molecule has 2 N–H and O–H groups in total. The third-order valence-corrected chi connectivity index (χ3v) is 13.7. The Morgan fingerprint density at radius 3 is 1.27 bits per heavy atom. The summed E-state index contributed by atoms with van der Waals surface area (Å²) in [7, 11) is 1.24. The number of nitrogens with zero attached hydrogens (tertiary/aromatic N) is 1. The number of carbonyl (C=O) groups excluding carboxylic acids is 1. The van der Waals surface area contributed by atoms with Gasteiger partial charge in [0.2, 0.25) is 5.91 Å². The van der Waals surface area contributed by atoms with Crippen LogP contribution >= 0.6 is 7.82 Å². The van der Waals surface area contributed by atoms with Crippen LogP contribution in [-0.2, 0) is 18.4 Å². The second-order valence-electron chi connectivity index (χ2n) is 21.0. The minimum absolute atomic E-state index is 0.00910. The molecule has 73 heavy (non-hydrogen) atoms. The molecule has 0 fully saturated rings. The first-order chi connectivity index (χ1) is 35.5. The number of aliphatic hydroxyl groups is 1. The zero-order valence-electron chi connectivity index (χ0n) is 47.8. The van der Waals surface area contributed by atoms with Gasteiger partial charge in [0, 0.05) is 6.42 Å². The van der Waals surface area contributed by atoms with Gasteiger partial charge in [-0.3, -0.25) is 9.36 Å². The largest absolute Gasteiger partial charge is 0.756 e. The summed E-state index contributed by atoms with van der Waals surface area (Å²) in [4.78, 5) is 25.4. The molecule has 0 bridgehead atoms. The molecule has 0 radical (unpaired) electrons. The molecule has 3 atom stereocenters. The number of rotatable bonds is 53. The summed E-state index contributed by atoms with van der Waals surface area (Å²) in [6, 6.07) is -0.905. The smallest absolute Gasteiger partial charge is 0.268 e. The SMILES string of the molecule is CC/C=C\C/C=C\C/C=C\C/C=C\C/C=C\C/C=C\C/C=C\CCCCCCCCCCCCCCCCCCCCCC(=O)NC(COP(=O)([O-])OCC[N+](C)(C)C)C(O)/C=C/CC/C=C/CCCCCC. The zero-order valence-corrected chi connectivity index (χ0v) is 48.7. The summed E-state index contributed by atoms with van der Waals surface area (Å²) in [5, 5.41) is 13.8. The van der Waals surface area contributed by atoms with E-state index in [1.165, 1.54) is 135 Å². The summed E-state index contributed by atoms with van der Waals surface area (Å²) in [6.45, 7) is 4.46. The second kappa shape index (κ2) is 54.0. The van der Waals surface area contributed by atoms with E-state index in [9.17, 15) is 19.4 Å². The fraction of sp³-hybridized carbons (Fsp3) is 0.703. The van der Waals surface area contributed by atoms with Crippen molar-refractivity contribution in [2.45, 2.75) is 251 Å². The molecule has 1 amide bonds. The molecule has 0 spiro atoms.